The van der Waals surface area contributed by atoms with Crippen molar-refractivity contribution >= 4 is 0 Å². The molecule has 0 radical (unpaired) electrons. The highest BCUT2D eigenvalue weighted by Gasteiger charge is 2.46. The molecule has 2 aromatic rings. The van der Waals surface area contributed by atoms with Crippen molar-refractivity contribution in [2.45, 2.75) is 74.5 Å². The normalized spacial score (nSPS) is 38.1. The van der Waals surface area contributed by atoms with Crippen LogP contribution in [0.5, 0.6) is 0 Å². The number of aliphatic hydroxyl groups is 8. The second-order valence-corrected chi connectivity index (χ2v) is 8.31. The zero-order chi connectivity index (χ0) is 25.3. The maximum Gasteiger partial charge on any atom is 0.180 e. The first-order valence-corrected chi connectivity index (χ1v) is 10.7. The Morgan fingerprint density at radius 3 is 1.46 bits per heavy atom. The van der Waals surface area contributed by atoms with Gasteiger partial charge in [0.15, 0.2) is 12.6 Å². The minimum Gasteiger partial charge on any atom is -0.394 e. The Hall–Kier alpha value is -2.16. The second-order valence-electron chi connectivity index (χ2n) is 8.31. The van der Waals surface area contributed by atoms with Crippen molar-refractivity contribution < 1.29 is 55.1 Å². The number of ether oxygens (including phenoxy) is 3. The minimum absolute atomic E-state index is 0.0525. The van der Waals surface area contributed by atoms with Crippen LogP contribution in [0.3, 0.4) is 0 Å². The maximum atomic E-state index is 10.3. The molecule has 0 amide bonds. The smallest absolute Gasteiger partial charge is 0.180 e. The fourth-order valence-corrected chi connectivity index (χ4v) is 4.05. The number of nitrogens with zero attached hydrogens (tertiary/aromatic N) is 6. The highest BCUT2D eigenvalue weighted by molar-refractivity contribution is 4.99. The molecule has 4 heterocycles. The van der Waals surface area contributed by atoms with Crippen molar-refractivity contribution in [3.05, 3.63) is 23.8 Å². The van der Waals surface area contributed by atoms with Gasteiger partial charge in [-0.2, -0.15) is 0 Å². The van der Waals surface area contributed by atoms with Gasteiger partial charge in [0.1, 0.15) is 60.1 Å². The largest absolute Gasteiger partial charge is 0.394 e. The molecule has 8 N–H and O–H groups in total. The van der Waals surface area contributed by atoms with Crippen molar-refractivity contribution in [1.29, 1.82) is 0 Å². The number of rotatable bonds is 8. The average Bonchev–Trinajstić information content (AvgIpc) is 3.49. The number of aliphatic hydroxyl groups excluding tert-OH is 8. The Labute approximate surface area is 197 Å². The Morgan fingerprint density at radius 2 is 1.09 bits per heavy atom. The molecule has 0 saturated carbocycles. The molecule has 0 spiro atoms. The summed E-state index contributed by atoms with van der Waals surface area (Å²) in [4.78, 5) is 0. The summed E-state index contributed by atoms with van der Waals surface area (Å²) in [5.41, 5.74) is 0.639. The molecule has 2 aliphatic heterocycles. The van der Waals surface area contributed by atoms with Gasteiger partial charge in [-0.3, -0.25) is 0 Å². The van der Waals surface area contributed by atoms with Gasteiger partial charge in [-0.15, -0.1) is 10.2 Å². The van der Waals surface area contributed by atoms with Gasteiger partial charge in [0.05, 0.1) is 38.8 Å². The Morgan fingerprint density at radius 1 is 0.686 bits per heavy atom. The molecule has 196 valence electrons. The summed E-state index contributed by atoms with van der Waals surface area (Å²) in [5.74, 6) is 0. The first kappa shape index (κ1) is 25.9. The molecule has 17 heteroatoms. The highest BCUT2D eigenvalue weighted by atomic mass is 16.6. The van der Waals surface area contributed by atoms with Crippen LogP contribution in [0.15, 0.2) is 12.4 Å². The molecule has 35 heavy (non-hydrogen) atoms. The molecule has 17 nitrogen and oxygen atoms in total. The minimum atomic E-state index is -1.54. The molecule has 2 aromatic heterocycles. The van der Waals surface area contributed by atoms with E-state index in [0.29, 0.717) is 11.4 Å². The zero-order valence-corrected chi connectivity index (χ0v) is 18.2. The third-order valence-electron chi connectivity index (χ3n) is 5.96. The molecule has 4 rings (SSSR count). The molecule has 2 fully saturated rings. The third kappa shape index (κ3) is 5.20. The third-order valence-corrected chi connectivity index (χ3v) is 5.96. The lowest BCUT2D eigenvalue weighted by atomic mass is 9.97. The molecule has 10 atom stereocenters. The molecule has 2 unspecified atom stereocenters. The van der Waals surface area contributed by atoms with E-state index in [4.69, 9.17) is 24.4 Å². The summed E-state index contributed by atoms with van der Waals surface area (Å²) in [6.45, 7) is -1.27. The van der Waals surface area contributed by atoms with Gasteiger partial charge in [-0.05, 0) is 0 Å². The lowest BCUT2D eigenvalue weighted by Gasteiger charge is -2.39. The van der Waals surface area contributed by atoms with Crippen LogP contribution in [0, 0.1) is 0 Å². The number of hydrogen-bond donors (Lipinski definition) is 8. The van der Waals surface area contributed by atoms with E-state index >= 15 is 0 Å². The van der Waals surface area contributed by atoms with E-state index in [9.17, 15) is 30.6 Å². The lowest BCUT2D eigenvalue weighted by Crippen LogP contribution is -2.56. The Kier molecular flexibility index (Phi) is 8.03. The van der Waals surface area contributed by atoms with E-state index in [1.807, 2.05) is 0 Å². The van der Waals surface area contributed by atoms with Gasteiger partial charge in [0.25, 0.3) is 0 Å². The van der Waals surface area contributed by atoms with Crippen molar-refractivity contribution in [2.24, 2.45) is 0 Å². The van der Waals surface area contributed by atoms with Crippen molar-refractivity contribution in [3.8, 4) is 0 Å². The molecule has 2 saturated heterocycles. The number of aromatic nitrogens is 6. The van der Waals surface area contributed by atoms with Gasteiger partial charge in [-0.25, -0.2) is 9.36 Å². The monoisotopic (exact) mass is 504 g/mol. The quantitative estimate of drug-likeness (QED) is 0.167. The van der Waals surface area contributed by atoms with Gasteiger partial charge in [-0.1, -0.05) is 10.4 Å². The summed E-state index contributed by atoms with van der Waals surface area (Å²) in [5, 5.41) is 94.6. The zero-order valence-electron chi connectivity index (χ0n) is 18.2. The second kappa shape index (κ2) is 10.8. The summed E-state index contributed by atoms with van der Waals surface area (Å²) in [7, 11) is 0. The van der Waals surface area contributed by atoms with Gasteiger partial charge in [0, 0.05) is 0 Å². The molecular formula is C18H28N6O11. The molecule has 0 bridgehead atoms. The molecular weight excluding hydrogens is 476 g/mol. The fraction of sp³-hybridized carbons (Fsp3) is 0.778. The van der Waals surface area contributed by atoms with E-state index in [-0.39, 0.29) is 13.2 Å². The van der Waals surface area contributed by atoms with Crippen LogP contribution in [-0.2, 0) is 27.4 Å². The lowest BCUT2D eigenvalue weighted by molar-refractivity contribution is -0.265. The van der Waals surface area contributed by atoms with Crippen LogP contribution in [0.2, 0.25) is 0 Å². The number of hydrogen-bond acceptors (Lipinski definition) is 15. The van der Waals surface area contributed by atoms with Crippen LogP contribution in [0.4, 0.5) is 0 Å². The van der Waals surface area contributed by atoms with Crippen molar-refractivity contribution in [3.63, 3.8) is 0 Å². The van der Waals surface area contributed by atoms with E-state index in [1.54, 1.807) is 0 Å². The van der Waals surface area contributed by atoms with Gasteiger partial charge >= 0.3 is 0 Å². The summed E-state index contributed by atoms with van der Waals surface area (Å²) >= 11 is 0. The van der Waals surface area contributed by atoms with E-state index in [2.05, 4.69) is 20.6 Å². The van der Waals surface area contributed by atoms with Crippen LogP contribution in [0.1, 0.15) is 23.5 Å². The predicted octanol–water partition coefficient (Wildman–Crippen LogP) is -5.47. The van der Waals surface area contributed by atoms with Gasteiger partial charge < -0.3 is 55.1 Å². The van der Waals surface area contributed by atoms with Crippen LogP contribution >= 0.6 is 0 Å². The van der Waals surface area contributed by atoms with Crippen LogP contribution in [-0.4, -0.2) is 133 Å². The van der Waals surface area contributed by atoms with Gasteiger partial charge in [0.2, 0.25) is 0 Å². The van der Waals surface area contributed by atoms with Crippen LogP contribution in [0.25, 0.3) is 0 Å². The molecule has 0 aromatic carbocycles. The highest BCUT2D eigenvalue weighted by Crippen LogP contribution is 2.29. The first-order chi connectivity index (χ1) is 16.7. The molecule has 0 aliphatic carbocycles. The van der Waals surface area contributed by atoms with Crippen LogP contribution < -0.4 is 0 Å². The molecule has 2 aliphatic rings. The Bertz CT molecular complexity index is 887. The fourth-order valence-electron chi connectivity index (χ4n) is 4.05. The SMILES string of the molecule is OC[C@H]1OC(O)[C@H](n2cc(COCc3cn([C@H]4C(O)O[C@H](CO)[C@@H](O)[C@@H]4O)nn3)nn2)[C@@H](O)[C@@H]1O. The van der Waals surface area contributed by atoms with E-state index < -0.39 is 74.5 Å². The van der Waals surface area contributed by atoms with E-state index in [1.165, 1.54) is 12.4 Å². The predicted molar refractivity (Wildman–Crippen MR) is 107 cm³/mol. The first-order valence-electron chi connectivity index (χ1n) is 10.7. The summed E-state index contributed by atoms with van der Waals surface area (Å²) in [6, 6.07) is -2.32. The van der Waals surface area contributed by atoms with Crippen molar-refractivity contribution in [1.82, 2.24) is 30.0 Å². The van der Waals surface area contributed by atoms with E-state index in [0.717, 1.165) is 9.36 Å². The average molecular weight is 504 g/mol. The summed E-state index contributed by atoms with van der Waals surface area (Å²) < 4.78 is 18.0. The maximum absolute atomic E-state index is 10.3. The standard InChI is InChI=1S/C18H28N6O11/c25-3-9-13(27)15(29)11(17(31)34-9)23-1-7(19-21-23)5-33-6-8-2-24(22-20-8)12-16(30)14(28)10(4-26)35-18(12)32/h1-2,9-18,25-32H,3-6H2/t9-,10-,11-,12-,13-,14-,15-,16-,17?,18?/m1/s1. The topological polar surface area (TPSA) is 251 Å². The van der Waals surface area contributed by atoms with Crippen molar-refractivity contribution in [2.75, 3.05) is 13.2 Å². The Balaban J connectivity index is 1.33. The summed E-state index contributed by atoms with van der Waals surface area (Å²) in [6.07, 6.45) is -8.43.